The molecule has 1 atom stereocenters. The second-order valence-electron chi connectivity index (χ2n) is 6.67. The Kier molecular flexibility index (Phi) is 5.19. The van der Waals surface area contributed by atoms with Crippen LogP contribution in [-0.4, -0.2) is 25.8 Å². The first-order valence-electron chi connectivity index (χ1n) is 9.07. The molecular weight excluding hydrogens is 392 g/mol. The summed E-state index contributed by atoms with van der Waals surface area (Å²) in [6.07, 6.45) is 1.93. The van der Waals surface area contributed by atoms with Crippen molar-refractivity contribution in [2.24, 2.45) is 0 Å². The van der Waals surface area contributed by atoms with Gasteiger partial charge in [0.1, 0.15) is 0 Å². The van der Waals surface area contributed by atoms with E-state index in [-0.39, 0.29) is 16.8 Å². The molecule has 1 saturated heterocycles. The molecule has 1 N–H and O–H groups in total. The van der Waals surface area contributed by atoms with Gasteiger partial charge in [0.15, 0.2) is 0 Å². The number of benzene rings is 2. The topological polar surface area (TPSA) is 66.5 Å². The molecule has 5 nitrogen and oxygen atoms in total. The minimum atomic E-state index is -3.69. The number of nitrogens with one attached hydrogen (secondary N) is 1. The van der Waals surface area contributed by atoms with Crippen molar-refractivity contribution in [2.75, 3.05) is 11.3 Å². The maximum atomic E-state index is 13.0. The van der Waals surface area contributed by atoms with Crippen LogP contribution in [0.2, 0.25) is 0 Å². The van der Waals surface area contributed by atoms with E-state index in [4.69, 9.17) is 0 Å². The largest absolute Gasteiger partial charge is 0.331 e. The molecule has 0 radical (unpaired) electrons. The van der Waals surface area contributed by atoms with Gasteiger partial charge in [-0.3, -0.25) is 9.52 Å². The fraction of sp³-hybridized carbons (Fsp3) is 0.190. The summed E-state index contributed by atoms with van der Waals surface area (Å²) < 4.78 is 27.6. The van der Waals surface area contributed by atoms with Crippen molar-refractivity contribution in [2.45, 2.75) is 23.8 Å². The molecule has 28 heavy (non-hydrogen) atoms. The molecule has 3 aromatic rings. The number of hydrogen-bond donors (Lipinski definition) is 1. The first-order chi connectivity index (χ1) is 13.5. The van der Waals surface area contributed by atoms with Crippen LogP contribution in [0, 0.1) is 0 Å². The highest BCUT2D eigenvalue weighted by molar-refractivity contribution is 7.92. The molecule has 1 aliphatic rings. The lowest BCUT2D eigenvalue weighted by Gasteiger charge is -2.24. The average molecular weight is 413 g/mol. The van der Waals surface area contributed by atoms with Crippen LogP contribution in [0.1, 0.15) is 34.1 Å². The van der Waals surface area contributed by atoms with Gasteiger partial charge in [0.05, 0.1) is 10.9 Å². The molecule has 2 aromatic carbocycles. The van der Waals surface area contributed by atoms with E-state index in [2.05, 4.69) is 10.8 Å². The van der Waals surface area contributed by atoms with Gasteiger partial charge in [-0.2, -0.15) is 0 Å². The second-order valence-corrected chi connectivity index (χ2v) is 9.33. The molecule has 0 aliphatic carbocycles. The van der Waals surface area contributed by atoms with Gasteiger partial charge in [0, 0.05) is 22.7 Å². The minimum absolute atomic E-state index is 0.0594. The van der Waals surface area contributed by atoms with Crippen molar-refractivity contribution in [1.29, 1.82) is 0 Å². The molecule has 1 aromatic heterocycles. The highest BCUT2D eigenvalue weighted by atomic mass is 32.2. The lowest BCUT2D eigenvalue weighted by molar-refractivity contribution is 0.0738. The van der Waals surface area contributed by atoms with Gasteiger partial charge in [-0.1, -0.05) is 24.3 Å². The van der Waals surface area contributed by atoms with Crippen molar-refractivity contribution in [3.05, 3.63) is 82.6 Å². The molecule has 0 unspecified atom stereocenters. The summed E-state index contributed by atoms with van der Waals surface area (Å²) in [7, 11) is -3.69. The summed E-state index contributed by atoms with van der Waals surface area (Å²) in [5.74, 6) is -0.0594. The Labute approximate surface area is 168 Å². The lowest BCUT2D eigenvalue weighted by Crippen LogP contribution is -2.30. The zero-order chi connectivity index (χ0) is 19.6. The van der Waals surface area contributed by atoms with E-state index in [1.165, 1.54) is 17.0 Å². The SMILES string of the molecule is O=C(c1ccc(S(=O)(=O)Nc2ccccc2)cc1)N1CCC[C@H]1c1cccs1. The van der Waals surface area contributed by atoms with Crippen molar-refractivity contribution >= 4 is 33.0 Å². The third-order valence-electron chi connectivity index (χ3n) is 4.82. The van der Waals surface area contributed by atoms with Crippen LogP contribution in [0.3, 0.4) is 0 Å². The van der Waals surface area contributed by atoms with E-state index in [0.717, 1.165) is 19.4 Å². The van der Waals surface area contributed by atoms with Crippen molar-refractivity contribution in [3.8, 4) is 0 Å². The molecule has 7 heteroatoms. The van der Waals surface area contributed by atoms with Crippen LogP contribution < -0.4 is 4.72 Å². The number of carbonyl (C=O) groups is 1. The molecule has 0 spiro atoms. The summed E-state index contributed by atoms with van der Waals surface area (Å²) in [5, 5.41) is 2.02. The van der Waals surface area contributed by atoms with E-state index in [1.807, 2.05) is 22.4 Å². The Morgan fingerprint density at radius 2 is 1.75 bits per heavy atom. The first-order valence-corrected chi connectivity index (χ1v) is 11.4. The fourth-order valence-corrected chi connectivity index (χ4v) is 5.38. The monoisotopic (exact) mass is 412 g/mol. The van der Waals surface area contributed by atoms with E-state index < -0.39 is 10.0 Å². The number of rotatable bonds is 5. The lowest BCUT2D eigenvalue weighted by atomic mass is 10.1. The Balaban J connectivity index is 1.52. The smallest absolute Gasteiger partial charge is 0.261 e. The number of nitrogens with zero attached hydrogens (tertiary/aromatic N) is 1. The molecule has 1 aliphatic heterocycles. The Morgan fingerprint density at radius 1 is 1.00 bits per heavy atom. The number of thiophene rings is 1. The molecule has 4 rings (SSSR count). The highest BCUT2D eigenvalue weighted by Gasteiger charge is 2.31. The third kappa shape index (κ3) is 3.81. The number of para-hydroxylation sites is 1. The first kappa shape index (κ1) is 18.7. The number of likely N-dealkylation sites (tertiary alicyclic amines) is 1. The molecular formula is C21H20N2O3S2. The van der Waals surface area contributed by atoms with E-state index in [9.17, 15) is 13.2 Å². The van der Waals surface area contributed by atoms with Gasteiger partial charge < -0.3 is 4.90 Å². The van der Waals surface area contributed by atoms with Crippen LogP contribution in [0.4, 0.5) is 5.69 Å². The van der Waals surface area contributed by atoms with Crippen molar-refractivity contribution in [3.63, 3.8) is 0 Å². The minimum Gasteiger partial charge on any atom is -0.331 e. The Hall–Kier alpha value is -2.64. The van der Waals surface area contributed by atoms with Crippen LogP contribution in [-0.2, 0) is 10.0 Å². The molecule has 1 fully saturated rings. The summed E-state index contributed by atoms with van der Waals surface area (Å²) in [6.45, 7) is 0.719. The normalized spacial score (nSPS) is 16.9. The van der Waals surface area contributed by atoms with Gasteiger partial charge in [-0.05, 0) is 60.7 Å². The average Bonchev–Trinajstić information content (AvgIpc) is 3.39. The number of carbonyl (C=O) groups excluding carboxylic acids is 1. The van der Waals surface area contributed by atoms with E-state index in [1.54, 1.807) is 47.7 Å². The molecule has 2 heterocycles. The number of sulfonamides is 1. The number of hydrogen-bond acceptors (Lipinski definition) is 4. The second kappa shape index (κ2) is 7.77. The van der Waals surface area contributed by atoms with Crippen LogP contribution >= 0.6 is 11.3 Å². The Morgan fingerprint density at radius 3 is 2.43 bits per heavy atom. The molecule has 144 valence electrons. The predicted molar refractivity (Wildman–Crippen MR) is 111 cm³/mol. The van der Waals surface area contributed by atoms with Crippen LogP contribution in [0.5, 0.6) is 0 Å². The van der Waals surface area contributed by atoms with E-state index >= 15 is 0 Å². The fourth-order valence-electron chi connectivity index (χ4n) is 3.45. The predicted octanol–water partition coefficient (Wildman–Crippen LogP) is 4.53. The van der Waals surface area contributed by atoms with Gasteiger partial charge in [0.25, 0.3) is 15.9 Å². The summed E-state index contributed by atoms with van der Waals surface area (Å²) in [4.78, 5) is 16.2. The zero-order valence-corrected chi connectivity index (χ0v) is 16.7. The Bertz CT molecular complexity index is 1050. The maximum Gasteiger partial charge on any atom is 0.261 e. The van der Waals surface area contributed by atoms with Crippen molar-refractivity contribution < 1.29 is 13.2 Å². The summed E-state index contributed by atoms with van der Waals surface area (Å²) >= 11 is 1.66. The number of anilines is 1. The highest BCUT2D eigenvalue weighted by Crippen LogP contribution is 2.35. The summed E-state index contributed by atoms with van der Waals surface area (Å²) in [5.41, 5.74) is 1.00. The van der Waals surface area contributed by atoms with Gasteiger partial charge in [0.2, 0.25) is 0 Å². The van der Waals surface area contributed by atoms with E-state index in [0.29, 0.717) is 11.3 Å². The maximum absolute atomic E-state index is 13.0. The standard InChI is InChI=1S/C21H20N2O3S2/c24-21(23-14-4-8-19(23)20-9-5-15-27-20)16-10-12-18(13-11-16)28(25,26)22-17-6-2-1-3-7-17/h1-3,5-7,9-13,15,19,22H,4,8,14H2/t19-/m0/s1. The van der Waals surface area contributed by atoms with Crippen molar-refractivity contribution in [1.82, 2.24) is 4.90 Å². The summed E-state index contributed by atoms with van der Waals surface area (Å²) in [6, 6.07) is 19.0. The molecule has 1 amide bonds. The van der Waals surface area contributed by atoms with Gasteiger partial charge >= 0.3 is 0 Å². The van der Waals surface area contributed by atoms with Crippen LogP contribution in [0.25, 0.3) is 0 Å². The number of amides is 1. The van der Waals surface area contributed by atoms with Crippen LogP contribution in [0.15, 0.2) is 77.0 Å². The van der Waals surface area contributed by atoms with Gasteiger partial charge in [-0.15, -0.1) is 11.3 Å². The zero-order valence-electron chi connectivity index (χ0n) is 15.1. The molecule has 0 bridgehead atoms. The third-order valence-corrected chi connectivity index (χ3v) is 7.19. The quantitative estimate of drug-likeness (QED) is 0.670. The van der Waals surface area contributed by atoms with Gasteiger partial charge in [-0.25, -0.2) is 8.42 Å². The molecule has 0 saturated carbocycles.